The van der Waals surface area contributed by atoms with Gasteiger partial charge in [0.1, 0.15) is 0 Å². The monoisotopic (exact) mass is 236 g/mol. The second-order valence-corrected chi connectivity index (χ2v) is 6.02. The molecule has 0 spiro atoms. The molecule has 0 aromatic rings. The number of hydrogen-bond donors (Lipinski definition) is 1. The lowest BCUT2D eigenvalue weighted by Crippen LogP contribution is -2.47. The van der Waals surface area contributed by atoms with E-state index in [0.29, 0.717) is 11.9 Å². The maximum Gasteiger partial charge on any atom is 0.239 e. The van der Waals surface area contributed by atoms with E-state index in [2.05, 4.69) is 10.2 Å². The average Bonchev–Trinajstić information content (AvgIpc) is 3.22. The van der Waals surface area contributed by atoms with Crippen LogP contribution in [0.2, 0.25) is 0 Å². The molecule has 0 bridgehead atoms. The highest BCUT2D eigenvalue weighted by atomic mass is 16.2. The van der Waals surface area contributed by atoms with Gasteiger partial charge in [-0.3, -0.25) is 4.79 Å². The Kier molecular flexibility index (Phi) is 3.37. The molecule has 2 saturated carbocycles. The minimum absolute atomic E-state index is 0.122. The molecule has 0 radical (unpaired) electrons. The largest absolute Gasteiger partial charge is 0.338 e. The predicted octanol–water partition coefficient (Wildman–Crippen LogP) is 1.92. The number of amides is 1. The third-order valence-electron chi connectivity index (χ3n) is 4.28. The molecule has 17 heavy (non-hydrogen) atoms. The molecule has 1 N–H and O–H groups in total. The van der Waals surface area contributed by atoms with Crippen LogP contribution in [0.1, 0.15) is 51.4 Å². The van der Waals surface area contributed by atoms with Crippen molar-refractivity contribution in [2.45, 2.75) is 63.5 Å². The number of carbonyl (C=O) groups excluding carboxylic acids is 1. The molecule has 1 atom stereocenters. The van der Waals surface area contributed by atoms with Crippen LogP contribution in [0.25, 0.3) is 0 Å². The van der Waals surface area contributed by atoms with Crippen molar-refractivity contribution in [3.63, 3.8) is 0 Å². The van der Waals surface area contributed by atoms with Crippen LogP contribution in [0.15, 0.2) is 0 Å². The molecule has 3 heteroatoms. The van der Waals surface area contributed by atoms with Crippen LogP contribution in [0.5, 0.6) is 0 Å². The Morgan fingerprint density at radius 1 is 1.06 bits per heavy atom. The molecule has 96 valence electrons. The van der Waals surface area contributed by atoms with E-state index in [1.165, 1.54) is 44.9 Å². The number of nitrogens with zero attached hydrogens (tertiary/aromatic N) is 1. The molecular formula is C14H24N2O. The van der Waals surface area contributed by atoms with Crippen LogP contribution < -0.4 is 5.32 Å². The SMILES string of the molecule is O=C(C1CCCCCN1)N(CC1CC1)C1CC1. The zero-order valence-electron chi connectivity index (χ0n) is 10.7. The molecule has 1 heterocycles. The smallest absolute Gasteiger partial charge is 0.239 e. The summed E-state index contributed by atoms with van der Waals surface area (Å²) in [7, 11) is 0. The van der Waals surface area contributed by atoms with Crippen molar-refractivity contribution < 1.29 is 4.79 Å². The molecular weight excluding hydrogens is 212 g/mol. The van der Waals surface area contributed by atoms with E-state index >= 15 is 0 Å². The third kappa shape index (κ3) is 3.01. The molecule has 0 aromatic carbocycles. The van der Waals surface area contributed by atoms with Gasteiger partial charge in [0.05, 0.1) is 6.04 Å². The maximum atomic E-state index is 12.6. The third-order valence-corrected chi connectivity index (χ3v) is 4.28. The van der Waals surface area contributed by atoms with Gasteiger partial charge < -0.3 is 10.2 Å². The molecule has 3 fully saturated rings. The van der Waals surface area contributed by atoms with Crippen LogP contribution in [-0.2, 0) is 4.79 Å². The Morgan fingerprint density at radius 3 is 2.59 bits per heavy atom. The van der Waals surface area contributed by atoms with E-state index in [1.54, 1.807) is 0 Å². The van der Waals surface area contributed by atoms with Crippen LogP contribution in [0.3, 0.4) is 0 Å². The van der Waals surface area contributed by atoms with Crippen molar-refractivity contribution in [3.8, 4) is 0 Å². The molecule has 3 aliphatic rings. The molecule has 1 unspecified atom stereocenters. The molecule has 1 saturated heterocycles. The molecule has 3 rings (SSSR count). The fourth-order valence-corrected chi connectivity index (χ4v) is 2.82. The summed E-state index contributed by atoms with van der Waals surface area (Å²) in [5, 5.41) is 3.45. The van der Waals surface area contributed by atoms with Gasteiger partial charge in [-0.15, -0.1) is 0 Å². The van der Waals surface area contributed by atoms with E-state index in [0.717, 1.165) is 25.4 Å². The summed E-state index contributed by atoms with van der Waals surface area (Å²) in [4.78, 5) is 14.8. The van der Waals surface area contributed by atoms with Crippen molar-refractivity contribution in [1.82, 2.24) is 10.2 Å². The summed E-state index contributed by atoms with van der Waals surface area (Å²) in [5.41, 5.74) is 0. The van der Waals surface area contributed by atoms with Gasteiger partial charge in [0.2, 0.25) is 5.91 Å². The molecule has 1 amide bonds. The standard InChI is InChI=1S/C14H24N2O/c17-14(13-4-2-1-3-9-15-13)16(12-7-8-12)10-11-5-6-11/h11-13,15H,1-10H2. The van der Waals surface area contributed by atoms with E-state index < -0.39 is 0 Å². The van der Waals surface area contributed by atoms with Gasteiger partial charge in [-0.05, 0) is 51.0 Å². The predicted molar refractivity (Wildman–Crippen MR) is 67.7 cm³/mol. The molecule has 3 nitrogen and oxygen atoms in total. The van der Waals surface area contributed by atoms with Crippen molar-refractivity contribution in [1.29, 1.82) is 0 Å². The van der Waals surface area contributed by atoms with Gasteiger partial charge in [0.25, 0.3) is 0 Å². The summed E-state index contributed by atoms with van der Waals surface area (Å²) < 4.78 is 0. The first-order chi connectivity index (χ1) is 8.34. The first-order valence-corrected chi connectivity index (χ1v) is 7.38. The van der Waals surface area contributed by atoms with Gasteiger partial charge in [0, 0.05) is 12.6 Å². The van der Waals surface area contributed by atoms with Gasteiger partial charge in [-0.1, -0.05) is 12.8 Å². The number of rotatable bonds is 4. The molecule has 0 aromatic heterocycles. The highest BCUT2D eigenvalue weighted by Crippen LogP contribution is 2.35. The fourth-order valence-electron chi connectivity index (χ4n) is 2.82. The average molecular weight is 236 g/mol. The van der Waals surface area contributed by atoms with Gasteiger partial charge >= 0.3 is 0 Å². The van der Waals surface area contributed by atoms with Crippen molar-refractivity contribution in [2.75, 3.05) is 13.1 Å². The first-order valence-electron chi connectivity index (χ1n) is 7.38. The summed E-state index contributed by atoms with van der Waals surface area (Å²) in [6.45, 7) is 2.07. The van der Waals surface area contributed by atoms with Crippen LogP contribution in [0.4, 0.5) is 0 Å². The quantitative estimate of drug-likeness (QED) is 0.809. The summed E-state index contributed by atoms with van der Waals surface area (Å²) >= 11 is 0. The summed E-state index contributed by atoms with van der Waals surface area (Å²) in [5.74, 6) is 1.23. The summed E-state index contributed by atoms with van der Waals surface area (Å²) in [6.07, 6.45) is 9.94. The topological polar surface area (TPSA) is 32.3 Å². The minimum Gasteiger partial charge on any atom is -0.338 e. The van der Waals surface area contributed by atoms with Gasteiger partial charge in [-0.2, -0.15) is 0 Å². The Hall–Kier alpha value is -0.570. The normalized spacial score (nSPS) is 29.8. The lowest BCUT2D eigenvalue weighted by molar-refractivity contribution is -0.134. The van der Waals surface area contributed by atoms with Crippen LogP contribution >= 0.6 is 0 Å². The van der Waals surface area contributed by atoms with Crippen molar-refractivity contribution >= 4 is 5.91 Å². The Bertz CT molecular complexity index is 276. The zero-order valence-corrected chi connectivity index (χ0v) is 10.7. The van der Waals surface area contributed by atoms with E-state index in [-0.39, 0.29) is 6.04 Å². The summed E-state index contributed by atoms with van der Waals surface area (Å²) in [6, 6.07) is 0.713. The van der Waals surface area contributed by atoms with E-state index in [9.17, 15) is 4.79 Å². The van der Waals surface area contributed by atoms with Crippen molar-refractivity contribution in [3.05, 3.63) is 0 Å². The minimum atomic E-state index is 0.122. The fraction of sp³-hybridized carbons (Fsp3) is 0.929. The van der Waals surface area contributed by atoms with E-state index in [1.807, 2.05) is 0 Å². The Morgan fingerprint density at radius 2 is 1.88 bits per heavy atom. The lowest BCUT2D eigenvalue weighted by atomic mass is 10.1. The highest BCUT2D eigenvalue weighted by molar-refractivity contribution is 5.82. The first kappa shape index (κ1) is 11.5. The second kappa shape index (κ2) is 4.97. The maximum absolute atomic E-state index is 12.6. The number of nitrogens with one attached hydrogen (secondary N) is 1. The molecule has 1 aliphatic heterocycles. The number of carbonyl (C=O) groups is 1. The van der Waals surface area contributed by atoms with Crippen molar-refractivity contribution in [2.24, 2.45) is 5.92 Å². The van der Waals surface area contributed by atoms with Gasteiger partial charge in [0.15, 0.2) is 0 Å². The Labute approximate surface area is 104 Å². The lowest BCUT2D eigenvalue weighted by Gasteiger charge is -2.27. The number of hydrogen-bond acceptors (Lipinski definition) is 2. The van der Waals surface area contributed by atoms with Crippen LogP contribution in [-0.4, -0.2) is 36.0 Å². The molecule has 2 aliphatic carbocycles. The van der Waals surface area contributed by atoms with E-state index in [4.69, 9.17) is 0 Å². The highest BCUT2D eigenvalue weighted by Gasteiger charge is 2.38. The zero-order chi connectivity index (χ0) is 11.7. The van der Waals surface area contributed by atoms with Gasteiger partial charge in [-0.25, -0.2) is 0 Å². The Balaban J connectivity index is 1.60. The van der Waals surface area contributed by atoms with Crippen LogP contribution in [0, 0.1) is 5.92 Å². The second-order valence-electron chi connectivity index (χ2n) is 6.02.